The molecule has 53 heavy (non-hydrogen) atoms. The van der Waals surface area contributed by atoms with Crippen molar-refractivity contribution in [3.05, 3.63) is 70.3 Å². The van der Waals surface area contributed by atoms with Crippen LogP contribution >= 0.6 is 11.6 Å². The number of nitrogens with one attached hydrogen (secondary N) is 1. The number of hydrogen-bond donors (Lipinski definition) is 1. The van der Waals surface area contributed by atoms with Crippen molar-refractivity contribution >= 4 is 33.2 Å². The minimum Gasteiger partial charge on any atom is -0.491 e. The summed E-state index contributed by atoms with van der Waals surface area (Å²) in [4.78, 5) is 21.3. The van der Waals surface area contributed by atoms with Gasteiger partial charge in [-0.25, -0.2) is 13.1 Å². The molecule has 2 bridgehead atoms. The molecule has 4 heterocycles. The van der Waals surface area contributed by atoms with Crippen LogP contribution in [0, 0.1) is 23.7 Å². The van der Waals surface area contributed by atoms with Crippen molar-refractivity contribution in [2.75, 3.05) is 84.3 Å². The molecule has 5 aliphatic rings. The van der Waals surface area contributed by atoms with E-state index in [1.54, 1.807) is 6.07 Å². The van der Waals surface area contributed by atoms with Gasteiger partial charge in [0.15, 0.2) is 0 Å². The summed E-state index contributed by atoms with van der Waals surface area (Å²) in [5.41, 5.74) is 3.63. The number of hydrogen-bond acceptors (Lipinski definition) is 9. The van der Waals surface area contributed by atoms with Crippen molar-refractivity contribution in [1.29, 1.82) is 0 Å². The maximum absolute atomic E-state index is 13.8. The van der Waals surface area contributed by atoms with Gasteiger partial charge in [0, 0.05) is 69.4 Å². The van der Waals surface area contributed by atoms with Crippen molar-refractivity contribution in [2.45, 2.75) is 63.2 Å². The van der Waals surface area contributed by atoms with Gasteiger partial charge in [0.05, 0.1) is 38.2 Å². The first kappa shape index (κ1) is 38.6. The highest BCUT2D eigenvalue weighted by Crippen LogP contribution is 2.45. The molecule has 4 aliphatic heterocycles. The lowest BCUT2D eigenvalue weighted by molar-refractivity contribution is -0.0782. The number of sulfonamides is 1. The fourth-order valence-corrected chi connectivity index (χ4v) is 10.9. The number of carbonyl (C=O) groups excluding carboxylic acids is 1. The van der Waals surface area contributed by atoms with Crippen LogP contribution in [0.1, 0.15) is 66.9 Å². The fourth-order valence-electron chi connectivity index (χ4n) is 9.11. The predicted octanol–water partition coefficient (Wildman–Crippen LogP) is 5.60. The number of rotatable bonds is 8. The molecule has 10 nitrogen and oxygen atoms in total. The van der Waals surface area contributed by atoms with Crippen LogP contribution < -0.4 is 14.4 Å². The smallest absolute Gasteiger partial charge is 0.264 e. The molecule has 3 fully saturated rings. The van der Waals surface area contributed by atoms with Gasteiger partial charge in [-0.15, -0.1) is 0 Å². The number of aryl methyl sites for hydroxylation is 1. The van der Waals surface area contributed by atoms with Crippen LogP contribution in [-0.2, 0) is 25.9 Å². The highest BCUT2D eigenvalue weighted by atomic mass is 35.5. The Morgan fingerprint density at radius 2 is 1.83 bits per heavy atom. The lowest BCUT2D eigenvalue weighted by Crippen LogP contribution is -2.57. The largest absolute Gasteiger partial charge is 0.491 e. The highest BCUT2D eigenvalue weighted by molar-refractivity contribution is 7.90. The average molecular weight is 769 g/mol. The predicted molar refractivity (Wildman–Crippen MR) is 210 cm³/mol. The zero-order valence-electron chi connectivity index (χ0n) is 31.6. The maximum atomic E-state index is 13.8. The van der Waals surface area contributed by atoms with Gasteiger partial charge >= 0.3 is 0 Å². The number of fused-ring (bicyclic) bond motifs is 2. The molecule has 0 radical (unpaired) electrons. The third-order valence-electron chi connectivity index (χ3n) is 12.5. The van der Waals surface area contributed by atoms with E-state index in [1.807, 2.05) is 25.1 Å². The number of benzene rings is 2. The van der Waals surface area contributed by atoms with Crippen LogP contribution in [0.15, 0.2) is 48.6 Å². The zero-order chi connectivity index (χ0) is 37.1. The molecule has 7 rings (SSSR count). The van der Waals surface area contributed by atoms with Crippen molar-refractivity contribution < 1.29 is 27.4 Å². The van der Waals surface area contributed by atoms with Gasteiger partial charge in [-0.05, 0) is 90.8 Å². The number of methoxy groups -OCH3 is 1. The fraction of sp³-hybridized carbons (Fsp3) is 0.634. The third-order valence-corrected chi connectivity index (χ3v) is 14.6. The van der Waals surface area contributed by atoms with E-state index in [-0.39, 0.29) is 18.4 Å². The first-order chi connectivity index (χ1) is 25.6. The van der Waals surface area contributed by atoms with E-state index < -0.39 is 21.2 Å². The standard InChI is InChI=1S/C41H57ClN4O6S/c1-4-6-29-19-34(42)11-13-36(29)33-23-46-22-32-9-12-37(32)31(21-44-15-17-45(18-16-44)35-25-51-26-35)8-5-7-28(2)40(27-50-3)53(48,49)43-41(47)30-10-14-39(52-24-33)38(46)20-30/h5,8,10-11,13-14,19-20,28,31-33,35,37,40H,4,6-7,9,12,15-18,21-27H2,1-3H3,(H,43,47)/b8-5+. The number of ether oxygens (including phenoxy) is 3. The monoisotopic (exact) mass is 768 g/mol. The molecule has 1 saturated carbocycles. The SMILES string of the molecule is CCCc1cc(Cl)ccc1C1COc2ccc3cc2N(C1)CC1CCC1C(CN1CCN(C2COC2)CC1)/C=C/CC(C)C(COC)S(=O)(=O)NC3=O. The molecule has 6 unspecified atom stereocenters. The molecule has 2 aromatic rings. The van der Waals surface area contributed by atoms with Gasteiger partial charge in [0.25, 0.3) is 5.91 Å². The summed E-state index contributed by atoms with van der Waals surface area (Å²) in [6.45, 7) is 13.1. The molecule has 2 saturated heterocycles. The van der Waals surface area contributed by atoms with Crippen LogP contribution in [0.5, 0.6) is 5.75 Å². The molecule has 1 amide bonds. The van der Waals surface area contributed by atoms with E-state index in [0.29, 0.717) is 48.1 Å². The van der Waals surface area contributed by atoms with Crippen molar-refractivity contribution in [3.8, 4) is 5.75 Å². The second-order valence-corrected chi connectivity index (χ2v) is 18.3. The summed E-state index contributed by atoms with van der Waals surface area (Å²) in [7, 11) is -2.54. The van der Waals surface area contributed by atoms with E-state index in [1.165, 1.54) is 18.2 Å². The van der Waals surface area contributed by atoms with Crippen LogP contribution in [0.25, 0.3) is 0 Å². The van der Waals surface area contributed by atoms with Gasteiger partial charge in [0.1, 0.15) is 11.0 Å². The van der Waals surface area contributed by atoms with Gasteiger partial charge in [-0.3, -0.25) is 9.69 Å². The van der Waals surface area contributed by atoms with Crippen LogP contribution in [0.2, 0.25) is 5.02 Å². The second kappa shape index (κ2) is 17.0. The lowest BCUT2D eigenvalue weighted by atomic mass is 9.66. The topological polar surface area (TPSA) is 101 Å². The Kier molecular flexibility index (Phi) is 12.4. The molecule has 1 N–H and O–H groups in total. The molecule has 12 heteroatoms. The minimum atomic E-state index is -4.05. The summed E-state index contributed by atoms with van der Waals surface area (Å²) in [5.74, 6) is 1.22. The summed E-state index contributed by atoms with van der Waals surface area (Å²) >= 11 is 6.49. The van der Waals surface area contributed by atoms with E-state index in [4.69, 9.17) is 25.8 Å². The van der Waals surface area contributed by atoms with Crippen LogP contribution in [0.3, 0.4) is 0 Å². The molecular formula is C41H57ClN4O6S. The van der Waals surface area contributed by atoms with E-state index >= 15 is 0 Å². The normalized spacial score (nSPS) is 30.6. The van der Waals surface area contributed by atoms with E-state index in [9.17, 15) is 13.2 Å². The van der Waals surface area contributed by atoms with Gasteiger partial charge < -0.3 is 24.0 Å². The Morgan fingerprint density at radius 1 is 1.02 bits per heavy atom. The Morgan fingerprint density at radius 3 is 2.53 bits per heavy atom. The molecule has 2 aromatic carbocycles. The van der Waals surface area contributed by atoms with Crippen LogP contribution in [0.4, 0.5) is 5.69 Å². The Balaban J connectivity index is 1.22. The first-order valence-electron chi connectivity index (χ1n) is 19.7. The van der Waals surface area contributed by atoms with Gasteiger partial charge in [-0.2, -0.15) is 0 Å². The summed E-state index contributed by atoms with van der Waals surface area (Å²) in [6, 6.07) is 12.1. The number of anilines is 1. The van der Waals surface area contributed by atoms with Gasteiger partial charge in [0.2, 0.25) is 10.0 Å². The number of halogens is 1. The number of carbonyl (C=O) groups is 1. The zero-order valence-corrected chi connectivity index (χ0v) is 33.1. The minimum absolute atomic E-state index is 0.0000287. The van der Waals surface area contributed by atoms with Crippen molar-refractivity contribution in [1.82, 2.24) is 14.5 Å². The number of nitrogens with zero attached hydrogens (tertiary/aromatic N) is 3. The van der Waals surface area contributed by atoms with Gasteiger partial charge in [-0.1, -0.05) is 50.1 Å². The molecule has 0 spiro atoms. The number of amides is 1. The van der Waals surface area contributed by atoms with E-state index in [2.05, 4.69) is 50.6 Å². The third kappa shape index (κ3) is 8.76. The molecule has 0 aromatic heterocycles. The maximum Gasteiger partial charge on any atom is 0.264 e. The van der Waals surface area contributed by atoms with E-state index in [0.717, 1.165) is 95.4 Å². The second-order valence-electron chi connectivity index (χ2n) is 16.0. The lowest BCUT2D eigenvalue weighted by Gasteiger charge is -2.47. The Hall–Kier alpha value is -2.67. The Labute approximate surface area is 321 Å². The summed E-state index contributed by atoms with van der Waals surface area (Å²) in [5, 5.41) is -0.145. The molecule has 6 atom stereocenters. The summed E-state index contributed by atoms with van der Waals surface area (Å²) < 4.78 is 47.4. The number of allylic oxidation sites excluding steroid dienone is 1. The highest BCUT2D eigenvalue weighted by Gasteiger charge is 2.40. The van der Waals surface area contributed by atoms with Crippen molar-refractivity contribution in [3.63, 3.8) is 0 Å². The quantitative estimate of drug-likeness (QED) is 0.344. The summed E-state index contributed by atoms with van der Waals surface area (Å²) in [6.07, 6.45) is 9.42. The first-order valence-corrected chi connectivity index (χ1v) is 21.6. The van der Waals surface area contributed by atoms with Crippen LogP contribution in [-0.4, -0.2) is 115 Å². The molecular weight excluding hydrogens is 712 g/mol. The molecule has 1 aliphatic carbocycles. The molecule has 290 valence electrons. The number of piperazine rings is 1. The van der Waals surface area contributed by atoms with Crippen molar-refractivity contribution in [2.24, 2.45) is 23.7 Å². The Bertz CT molecular complexity index is 1730. The average Bonchev–Trinajstić information content (AvgIpc) is 3.27.